The standard InChI is InChI=1S/C15H24N2O2S/c1-11(2)7-14(9-16)17-15(18)13-6-4-5-12(8-13)10-20(3)19/h4-6,8,11,14H,7,9-10,16H2,1-3H3,(H,17,18). The smallest absolute Gasteiger partial charge is 0.251 e. The van der Waals surface area contributed by atoms with E-state index >= 15 is 0 Å². The number of carbonyl (C=O) groups excluding carboxylic acids is 1. The topological polar surface area (TPSA) is 72.2 Å². The normalized spacial score (nSPS) is 14.1. The van der Waals surface area contributed by atoms with Crippen molar-refractivity contribution in [1.29, 1.82) is 0 Å². The van der Waals surface area contributed by atoms with Gasteiger partial charge in [0.1, 0.15) is 0 Å². The van der Waals surface area contributed by atoms with Gasteiger partial charge in [0.25, 0.3) is 5.91 Å². The van der Waals surface area contributed by atoms with Crippen LogP contribution in [0, 0.1) is 5.92 Å². The number of nitrogens with one attached hydrogen (secondary N) is 1. The third-order valence-electron chi connectivity index (χ3n) is 2.93. The quantitative estimate of drug-likeness (QED) is 0.804. The van der Waals surface area contributed by atoms with Gasteiger partial charge in [0.15, 0.2) is 0 Å². The molecule has 0 spiro atoms. The van der Waals surface area contributed by atoms with Gasteiger partial charge in [-0.2, -0.15) is 0 Å². The molecule has 20 heavy (non-hydrogen) atoms. The first-order valence-corrected chi connectivity index (χ1v) is 8.55. The largest absolute Gasteiger partial charge is 0.348 e. The van der Waals surface area contributed by atoms with Crippen molar-refractivity contribution in [2.45, 2.75) is 32.1 Å². The van der Waals surface area contributed by atoms with Gasteiger partial charge in [-0.25, -0.2) is 0 Å². The molecule has 0 saturated carbocycles. The lowest BCUT2D eigenvalue weighted by atomic mass is 10.0. The van der Waals surface area contributed by atoms with E-state index in [0.29, 0.717) is 23.8 Å². The number of hydrogen-bond acceptors (Lipinski definition) is 3. The third kappa shape index (κ3) is 5.84. The van der Waals surface area contributed by atoms with E-state index in [2.05, 4.69) is 19.2 Å². The highest BCUT2D eigenvalue weighted by atomic mass is 32.2. The van der Waals surface area contributed by atoms with Crippen molar-refractivity contribution in [2.24, 2.45) is 11.7 Å². The Morgan fingerprint density at radius 3 is 2.65 bits per heavy atom. The van der Waals surface area contributed by atoms with Gasteiger partial charge in [0.05, 0.1) is 0 Å². The molecule has 5 heteroatoms. The van der Waals surface area contributed by atoms with Crippen LogP contribution in [0.25, 0.3) is 0 Å². The Balaban J connectivity index is 2.73. The van der Waals surface area contributed by atoms with Crippen molar-refractivity contribution >= 4 is 16.7 Å². The fourth-order valence-electron chi connectivity index (χ4n) is 2.09. The van der Waals surface area contributed by atoms with E-state index in [1.807, 2.05) is 12.1 Å². The van der Waals surface area contributed by atoms with E-state index in [-0.39, 0.29) is 11.9 Å². The number of hydrogen-bond donors (Lipinski definition) is 2. The number of rotatable bonds is 7. The molecule has 1 aromatic rings. The summed E-state index contributed by atoms with van der Waals surface area (Å²) in [6, 6.07) is 7.25. The molecule has 0 radical (unpaired) electrons. The SMILES string of the molecule is CC(C)CC(CN)NC(=O)c1cccc(CS(C)=O)c1. The fourth-order valence-corrected chi connectivity index (χ4v) is 2.74. The van der Waals surface area contributed by atoms with Gasteiger partial charge in [0, 0.05) is 41.0 Å². The number of amides is 1. The van der Waals surface area contributed by atoms with Gasteiger partial charge in [0.2, 0.25) is 0 Å². The Labute approximate surface area is 123 Å². The highest BCUT2D eigenvalue weighted by molar-refractivity contribution is 7.83. The second kappa shape index (κ2) is 8.17. The molecule has 0 aliphatic rings. The summed E-state index contributed by atoms with van der Waals surface area (Å²) in [6.07, 6.45) is 2.51. The van der Waals surface area contributed by atoms with E-state index in [0.717, 1.165) is 12.0 Å². The maximum Gasteiger partial charge on any atom is 0.251 e. The number of benzene rings is 1. The summed E-state index contributed by atoms with van der Waals surface area (Å²) >= 11 is 0. The van der Waals surface area contributed by atoms with E-state index < -0.39 is 10.8 Å². The molecule has 0 aliphatic carbocycles. The predicted molar refractivity (Wildman–Crippen MR) is 84.0 cm³/mol. The first-order valence-electron chi connectivity index (χ1n) is 6.82. The van der Waals surface area contributed by atoms with Crippen molar-refractivity contribution in [3.05, 3.63) is 35.4 Å². The Morgan fingerprint density at radius 1 is 1.40 bits per heavy atom. The van der Waals surface area contributed by atoms with Crippen LogP contribution in [0.3, 0.4) is 0 Å². The summed E-state index contributed by atoms with van der Waals surface area (Å²) in [7, 11) is -0.910. The zero-order valence-corrected chi connectivity index (χ0v) is 13.2. The van der Waals surface area contributed by atoms with Crippen LogP contribution in [0.1, 0.15) is 36.2 Å². The molecule has 0 aliphatic heterocycles. The average molecular weight is 296 g/mol. The van der Waals surface area contributed by atoms with Crippen LogP contribution in [-0.2, 0) is 16.6 Å². The minimum Gasteiger partial charge on any atom is -0.348 e. The Morgan fingerprint density at radius 2 is 2.10 bits per heavy atom. The molecule has 0 fully saturated rings. The minimum atomic E-state index is -0.910. The summed E-state index contributed by atoms with van der Waals surface area (Å²) in [5.41, 5.74) is 7.19. The lowest BCUT2D eigenvalue weighted by Gasteiger charge is -2.19. The highest BCUT2D eigenvalue weighted by Crippen LogP contribution is 2.09. The summed E-state index contributed by atoms with van der Waals surface area (Å²) in [6.45, 7) is 4.64. The van der Waals surface area contributed by atoms with E-state index in [9.17, 15) is 9.00 Å². The van der Waals surface area contributed by atoms with Gasteiger partial charge in [-0.3, -0.25) is 9.00 Å². The molecule has 0 heterocycles. The Bertz CT molecular complexity index is 475. The van der Waals surface area contributed by atoms with Gasteiger partial charge < -0.3 is 11.1 Å². The van der Waals surface area contributed by atoms with Crippen LogP contribution in [0.5, 0.6) is 0 Å². The second-order valence-electron chi connectivity index (χ2n) is 5.45. The molecule has 0 bridgehead atoms. The number of carbonyl (C=O) groups is 1. The predicted octanol–water partition coefficient (Wildman–Crippen LogP) is 1.67. The molecule has 2 unspecified atom stereocenters. The molecule has 0 saturated heterocycles. The molecular weight excluding hydrogens is 272 g/mol. The van der Waals surface area contributed by atoms with Crippen molar-refractivity contribution in [3.8, 4) is 0 Å². The first-order chi connectivity index (χ1) is 9.42. The lowest BCUT2D eigenvalue weighted by molar-refractivity contribution is 0.0933. The van der Waals surface area contributed by atoms with Crippen molar-refractivity contribution in [2.75, 3.05) is 12.8 Å². The van der Waals surface area contributed by atoms with Gasteiger partial charge in [-0.15, -0.1) is 0 Å². The van der Waals surface area contributed by atoms with E-state index in [4.69, 9.17) is 5.73 Å². The van der Waals surface area contributed by atoms with Gasteiger partial charge >= 0.3 is 0 Å². The molecule has 1 aromatic carbocycles. The molecule has 2 atom stereocenters. The molecule has 4 nitrogen and oxygen atoms in total. The van der Waals surface area contributed by atoms with E-state index in [1.165, 1.54) is 0 Å². The average Bonchev–Trinajstić information content (AvgIpc) is 2.36. The monoisotopic (exact) mass is 296 g/mol. The van der Waals surface area contributed by atoms with E-state index in [1.54, 1.807) is 18.4 Å². The van der Waals surface area contributed by atoms with Crippen molar-refractivity contribution in [1.82, 2.24) is 5.32 Å². The first kappa shape index (κ1) is 16.9. The molecule has 1 amide bonds. The van der Waals surface area contributed by atoms with Crippen LogP contribution in [0.15, 0.2) is 24.3 Å². The highest BCUT2D eigenvalue weighted by Gasteiger charge is 2.14. The molecule has 3 N–H and O–H groups in total. The number of nitrogens with two attached hydrogens (primary N) is 1. The zero-order valence-electron chi connectivity index (χ0n) is 12.4. The molecular formula is C15H24N2O2S. The summed E-state index contributed by atoms with van der Waals surface area (Å²) in [5.74, 6) is 0.829. The minimum absolute atomic E-state index is 0.00790. The molecule has 1 rings (SSSR count). The van der Waals surface area contributed by atoms with Crippen LogP contribution in [-0.4, -0.2) is 29.0 Å². The zero-order chi connectivity index (χ0) is 15.1. The Kier molecular flexibility index (Phi) is 6.88. The second-order valence-corrected chi connectivity index (χ2v) is 6.89. The molecule has 0 aromatic heterocycles. The van der Waals surface area contributed by atoms with Crippen molar-refractivity contribution in [3.63, 3.8) is 0 Å². The van der Waals surface area contributed by atoms with Gasteiger partial charge in [-0.1, -0.05) is 26.0 Å². The van der Waals surface area contributed by atoms with Crippen LogP contribution in [0.2, 0.25) is 0 Å². The van der Waals surface area contributed by atoms with Crippen molar-refractivity contribution < 1.29 is 9.00 Å². The van der Waals surface area contributed by atoms with Crippen LogP contribution >= 0.6 is 0 Å². The summed E-state index contributed by atoms with van der Waals surface area (Å²) in [5, 5.41) is 2.96. The van der Waals surface area contributed by atoms with Crippen LogP contribution < -0.4 is 11.1 Å². The van der Waals surface area contributed by atoms with Gasteiger partial charge in [-0.05, 0) is 30.0 Å². The van der Waals surface area contributed by atoms with Crippen LogP contribution in [0.4, 0.5) is 0 Å². The maximum atomic E-state index is 12.2. The third-order valence-corrected chi connectivity index (χ3v) is 3.67. The fraction of sp³-hybridized carbons (Fsp3) is 0.533. The lowest BCUT2D eigenvalue weighted by Crippen LogP contribution is -2.41. The molecule has 112 valence electrons. The summed E-state index contributed by atoms with van der Waals surface area (Å²) < 4.78 is 11.2. The maximum absolute atomic E-state index is 12.2. The Hall–Kier alpha value is -1.20. The summed E-state index contributed by atoms with van der Waals surface area (Å²) in [4.78, 5) is 12.2.